The van der Waals surface area contributed by atoms with Gasteiger partial charge in [-0.3, -0.25) is 0 Å². The minimum atomic E-state index is -3.55. The number of benzene rings is 1. The van der Waals surface area contributed by atoms with E-state index in [2.05, 4.69) is 15.0 Å². The molecule has 0 saturated carbocycles. The summed E-state index contributed by atoms with van der Waals surface area (Å²) in [6.07, 6.45) is 1.49. The van der Waals surface area contributed by atoms with Crippen molar-refractivity contribution in [3.05, 3.63) is 53.7 Å². The molecule has 0 spiro atoms. The van der Waals surface area contributed by atoms with Crippen molar-refractivity contribution in [1.82, 2.24) is 9.71 Å². The molecule has 1 heterocycles. The molecule has 2 rings (SSSR count). The molecule has 0 fully saturated rings. The minimum Gasteiger partial charge on any atom is -0.370 e. The van der Waals surface area contributed by atoms with Crippen LogP contribution in [0, 0.1) is 6.92 Å². The third kappa shape index (κ3) is 4.03. The molecular weight excluding hydrogens is 286 g/mol. The molecule has 0 radical (unpaired) electrons. The van der Waals surface area contributed by atoms with Crippen molar-refractivity contribution in [2.24, 2.45) is 0 Å². The topological polar surface area (TPSA) is 71.1 Å². The standard InChI is InChI=1S/C15H19N3O2S/c1-3-16-15-10-14(8-9-17-15)21(19,20)18-11-13-7-5-4-6-12(13)2/h4-10,18H,3,11H2,1-2H3,(H,16,17). The molecule has 0 atom stereocenters. The van der Waals surface area contributed by atoms with Gasteiger partial charge >= 0.3 is 0 Å². The highest BCUT2D eigenvalue weighted by molar-refractivity contribution is 7.89. The van der Waals surface area contributed by atoms with Crippen LogP contribution >= 0.6 is 0 Å². The largest absolute Gasteiger partial charge is 0.370 e. The Morgan fingerprint density at radius 3 is 2.67 bits per heavy atom. The van der Waals surface area contributed by atoms with Gasteiger partial charge in [0.1, 0.15) is 5.82 Å². The summed E-state index contributed by atoms with van der Waals surface area (Å²) < 4.78 is 27.2. The van der Waals surface area contributed by atoms with Crippen LogP contribution in [0.3, 0.4) is 0 Å². The number of hydrogen-bond acceptors (Lipinski definition) is 4. The quantitative estimate of drug-likeness (QED) is 0.859. The lowest BCUT2D eigenvalue weighted by molar-refractivity contribution is 0.581. The van der Waals surface area contributed by atoms with Crippen LogP contribution in [0.25, 0.3) is 0 Å². The Hall–Kier alpha value is -1.92. The highest BCUT2D eigenvalue weighted by atomic mass is 32.2. The summed E-state index contributed by atoms with van der Waals surface area (Å²) in [7, 11) is -3.55. The molecule has 0 bridgehead atoms. The molecule has 5 nitrogen and oxygen atoms in total. The molecule has 0 aliphatic heterocycles. The molecule has 21 heavy (non-hydrogen) atoms. The summed E-state index contributed by atoms with van der Waals surface area (Å²) in [6.45, 7) is 4.85. The van der Waals surface area contributed by atoms with Gasteiger partial charge in [-0.15, -0.1) is 0 Å². The van der Waals surface area contributed by atoms with E-state index in [0.717, 1.165) is 11.1 Å². The van der Waals surface area contributed by atoms with Crippen LogP contribution in [-0.4, -0.2) is 19.9 Å². The number of aromatic nitrogens is 1. The molecule has 2 N–H and O–H groups in total. The normalized spacial score (nSPS) is 11.3. The van der Waals surface area contributed by atoms with Crippen LogP contribution in [0.4, 0.5) is 5.82 Å². The predicted octanol–water partition coefficient (Wildman–Crippen LogP) is 2.30. The molecule has 0 aliphatic carbocycles. The van der Waals surface area contributed by atoms with Crippen LogP contribution in [0.2, 0.25) is 0 Å². The molecule has 112 valence electrons. The van der Waals surface area contributed by atoms with Crippen LogP contribution in [0.1, 0.15) is 18.1 Å². The lowest BCUT2D eigenvalue weighted by Gasteiger charge is -2.10. The Balaban J connectivity index is 2.15. The zero-order valence-corrected chi connectivity index (χ0v) is 12.9. The van der Waals surface area contributed by atoms with E-state index in [-0.39, 0.29) is 11.4 Å². The third-order valence-electron chi connectivity index (χ3n) is 3.11. The van der Waals surface area contributed by atoms with E-state index in [9.17, 15) is 8.42 Å². The fourth-order valence-electron chi connectivity index (χ4n) is 1.92. The van der Waals surface area contributed by atoms with E-state index in [1.807, 2.05) is 38.1 Å². The first kappa shape index (κ1) is 15.5. The molecule has 0 saturated heterocycles. The van der Waals surface area contributed by atoms with Crippen molar-refractivity contribution in [2.45, 2.75) is 25.3 Å². The van der Waals surface area contributed by atoms with Crippen molar-refractivity contribution in [3.63, 3.8) is 0 Å². The highest BCUT2D eigenvalue weighted by Crippen LogP contribution is 2.14. The molecular formula is C15H19N3O2S. The van der Waals surface area contributed by atoms with Gasteiger partial charge in [-0.2, -0.15) is 0 Å². The van der Waals surface area contributed by atoms with Crippen LogP contribution in [0.15, 0.2) is 47.5 Å². The Morgan fingerprint density at radius 1 is 1.19 bits per heavy atom. The Labute approximate surface area is 125 Å². The fourth-order valence-corrected chi connectivity index (χ4v) is 2.94. The number of aryl methyl sites for hydroxylation is 1. The molecule has 0 aliphatic rings. The van der Waals surface area contributed by atoms with E-state index >= 15 is 0 Å². The molecule has 0 unspecified atom stereocenters. The van der Waals surface area contributed by atoms with Crippen LogP contribution in [0.5, 0.6) is 0 Å². The van der Waals surface area contributed by atoms with Gasteiger partial charge in [0, 0.05) is 25.4 Å². The van der Waals surface area contributed by atoms with Gasteiger partial charge in [-0.05, 0) is 31.0 Å². The number of rotatable bonds is 6. The van der Waals surface area contributed by atoms with E-state index in [0.29, 0.717) is 12.4 Å². The maximum absolute atomic E-state index is 12.3. The molecule has 1 aromatic heterocycles. The average Bonchev–Trinajstić information content (AvgIpc) is 2.47. The third-order valence-corrected chi connectivity index (χ3v) is 4.51. The van der Waals surface area contributed by atoms with Crippen molar-refractivity contribution in [1.29, 1.82) is 0 Å². The van der Waals surface area contributed by atoms with Crippen molar-refractivity contribution in [3.8, 4) is 0 Å². The van der Waals surface area contributed by atoms with Gasteiger partial charge in [0.15, 0.2) is 0 Å². The van der Waals surface area contributed by atoms with Crippen LogP contribution in [-0.2, 0) is 16.6 Å². The number of hydrogen-bond donors (Lipinski definition) is 2. The van der Waals surface area contributed by atoms with Gasteiger partial charge in [0.05, 0.1) is 4.90 Å². The fraction of sp³-hybridized carbons (Fsp3) is 0.267. The van der Waals surface area contributed by atoms with E-state index in [1.54, 1.807) is 0 Å². The Kier molecular flexibility index (Phi) is 4.93. The first-order chi connectivity index (χ1) is 10.0. The summed E-state index contributed by atoms with van der Waals surface area (Å²) in [5.74, 6) is 0.552. The second kappa shape index (κ2) is 6.69. The molecule has 1 aromatic carbocycles. The van der Waals surface area contributed by atoms with Gasteiger partial charge in [-0.25, -0.2) is 18.1 Å². The average molecular weight is 305 g/mol. The Morgan fingerprint density at radius 2 is 1.95 bits per heavy atom. The number of sulfonamides is 1. The van der Waals surface area contributed by atoms with Gasteiger partial charge < -0.3 is 5.32 Å². The highest BCUT2D eigenvalue weighted by Gasteiger charge is 2.14. The van der Waals surface area contributed by atoms with Gasteiger partial charge in [-0.1, -0.05) is 24.3 Å². The first-order valence-corrected chi connectivity index (χ1v) is 8.25. The maximum Gasteiger partial charge on any atom is 0.241 e. The van der Waals surface area contributed by atoms with E-state index in [1.165, 1.54) is 18.3 Å². The zero-order valence-electron chi connectivity index (χ0n) is 12.1. The SMILES string of the molecule is CCNc1cc(S(=O)(=O)NCc2ccccc2C)ccn1. The summed E-state index contributed by atoms with van der Waals surface area (Å²) in [4.78, 5) is 4.28. The second-order valence-electron chi connectivity index (χ2n) is 4.66. The summed E-state index contributed by atoms with van der Waals surface area (Å²) >= 11 is 0. The molecule has 2 aromatic rings. The summed E-state index contributed by atoms with van der Waals surface area (Å²) in [5, 5.41) is 3.00. The molecule has 0 amide bonds. The zero-order chi connectivity index (χ0) is 15.3. The van der Waals surface area contributed by atoms with Crippen molar-refractivity contribution in [2.75, 3.05) is 11.9 Å². The lowest BCUT2D eigenvalue weighted by Crippen LogP contribution is -2.23. The van der Waals surface area contributed by atoms with Crippen molar-refractivity contribution < 1.29 is 8.42 Å². The first-order valence-electron chi connectivity index (χ1n) is 6.77. The van der Waals surface area contributed by atoms with E-state index < -0.39 is 10.0 Å². The summed E-state index contributed by atoms with van der Waals surface area (Å²) in [6, 6.07) is 10.7. The number of nitrogens with zero attached hydrogens (tertiary/aromatic N) is 1. The lowest BCUT2D eigenvalue weighted by atomic mass is 10.1. The second-order valence-corrected chi connectivity index (χ2v) is 6.43. The van der Waals surface area contributed by atoms with Gasteiger partial charge in [0.25, 0.3) is 0 Å². The van der Waals surface area contributed by atoms with Crippen LogP contribution < -0.4 is 10.0 Å². The summed E-state index contributed by atoms with van der Waals surface area (Å²) in [5.41, 5.74) is 2.02. The maximum atomic E-state index is 12.3. The number of anilines is 1. The monoisotopic (exact) mass is 305 g/mol. The number of pyridine rings is 1. The minimum absolute atomic E-state index is 0.210. The Bertz CT molecular complexity index is 714. The smallest absolute Gasteiger partial charge is 0.241 e. The van der Waals surface area contributed by atoms with Gasteiger partial charge in [0.2, 0.25) is 10.0 Å². The van der Waals surface area contributed by atoms with Crippen molar-refractivity contribution >= 4 is 15.8 Å². The van der Waals surface area contributed by atoms with E-state index in [4.69, 9.17) is 0 Å². The number of nitrogens with one attached hydrogen (secondary N) is 2. The predicted molar refractivity (Wildman–Crippen MR) is 83.6 cm³/mol. The molecule has 6 heteroatoms.